The molecule has 6 heteroatoms. The molecule has 0 aliphatic rings. The van der Waals surface area contributed by atoms with Crippen molar-refractivity contribution in [2.24, 2.45) is 0 Å². The summed E-state index contributed by atoms with van der Waals surface area (Å²) in [6, 6.07) is 0. The third kappa shape index (κ3) is 27.0. The summed E-state index contributed by atoms with van der Waals surface area (Å²) in [7, 11) is 2.02. The molecule has 0 aliphatic heterocycles. The number of ketones is 2. The molecule has 2 N–H and O–H groups in total. The van der Waals surface area contributed by atoms with Gasteiger partial charge in [0.05, 0.1) is 6.61 Å². The van der Waals surface area contributed by atoms with Gasteiger partial charge in [0.25, 0.3) is 0 Å². The predicted octanol–water partition coefficient (Wildman–Crippen LogP) is 13.1. The number of carbonyl (C=O) groups is 2. The Bertz CT molecular complexity index is 664. The number of carbonyl (C=O) groups excluding carboxylic acids is 2. The SMILES string of the molecule is CCCCCCCCCCCCCCCCCCCC(=O)C(OP)(C(=O)CCCCCCCCCCCCCCCCCCC)C(O)CO. The molecule has 0 radical (unpaired) electrons. The molecule has 0 spiro atoms. The Morgan fingerprint density at radius 2 is 0.653 bits per heavy atom. The molecule has 0 amide bonds. The lowest BCUT2D eigenvalue weighted by atomic mass is 9.82. The topological polar surface area (TPSA) is 83.8 Å². The largest absolute Gasteiger partial charge is 0.394 e. The number of aliphatic hydroxyl groups is 2. The normalized spacial score (nSPS) is 12.5. The van der Waals surface area contributed by atoms with E-state index in [1.807, 2.05) is 9.47 Å². The molecule has 2 atom stereocenters. The van der Waals surface area contributed by atoms with Crippen LogP contribution in [0.4, 0.5) is 0 Å². The van der Waals surface area contributed by atoms with Crippen molar-refractivity contribution < 1.29 is 24.3 Å². The first-order valence-corrected chi connectivity index (χ1v) is 22.2. The van der Waals surface area contributed by atoms with Crippen LogP contribution in [0.25, 0.3) is 0 Å². The summed E-state index contributed by atoms with van der Waals surface area (Å²) in [4.78, 5) is 26.5. The van der Waals surface area contributed by atoms with E-state index in [9.17, 15) is 19.8 Å². The van der Waals surface area contributed by atoms with Crippen LogP contribution in [0.5, 0.6) is 0 Å². The van der Waals surface area contributed by atoms with Crippen molar-refractivity contribution in [1.29, 1.82) is 0 Å². The lowest BCUT2D eigenvalue weighted by Gasteiger charge is -2.33. The summed E-state index contributed by atoms with van der Waals surface area (Å²) in [6.45, 7) is 3.87. The third-order valence-electron chi connectivity index (χ3n) is 10.7. The van der Waals surface area contributed by atoms with E-state index < -0.39 is 29.9 Å². The van der Waals surface area contributed by atoms with Crippen molar-refractivity contribution in [3.8, 4) is 0 Å². The molecule has 49 heavy (non-hydrogen) atoms. The zero-order chi connectivity index (χ0) is 36.1. The van der Waals surface area contributed by atoms with Crippen molar-refractivity contribution in [2.75, 3.05) is 6.61 Å². The Kier molecular flexibility index (Phi) is 37.1. The summed E-state index contributed by atoms with van der Waals surface area (Å²) < 4.78 is 5.39. The molecule has 5 nitrogen and oxygen atoms in total. The number of hydrogen-bond acceptors (Lipinski definition) is 5. The van der Waals surface area contributed by atoms with Crippen LogP contribution in [-0.4, -0.2) is 40.1 Å². The molecule has 2 unspecified atom stereocenters. The highest BCUT2D eigenvalue weighted by Gasteiger charge is 2.50. The Morgan fingerprint density at radius 3 is 0.837 bits per heavy atom. The monoisotopic (exact) mass is 713 g/mol. The predicted molar refractivity (Wildman–Crippen MR) is 214 cm³/mol. The maximum atomic E-state index is 13.3. The second-order valence-corrected chi connectivity index (χ2v) is 15.4. The van der Waals surface area contributed by atoms with Gasteiger partial charge in [0.2, 0.25) is 5.60 Å². The Balaban J connectivity index is 3.97. The third-order valence-corrected chi connectivity index (χ3v) is 11.0. The second kappa shape index (κ2) is 37.4. The van der Waals surface area contributed by atoms with Crippen LogP contribution < -0.4 is 0 Å². The van der Waals surface area contributed by atoms with Crippen LogP contribution in [0, 0.1) is 0 Å². The number of Topliss-reactive ketones (excluding diaryl/α,β-unsaturated/α-hetero) is 2. The van der Waals surface area contributed by atoms with Crippen molar-refractivity contribution >= 4 is 21.0 Å². The van der Waals surface area contributed by atoms with Crippen LogP contribution in [-0.2, 0) is 14.1 Å². The van der Waals surface area contributed by atoms with Gasteiger partial charge in [-0.1, -0.05) is 219 Å². The highest BCUT2D eigenvalue weighted by molar-refractivity contribution is 7.10. The molecule has 0 saturated heterocycles. The van der Waals surface area contributed by atoms with E-state index in [-0.39, 0.29) is 12.8 Å². The van der Waals surface area contributed by atoms with E-state index in [1.165, 1.54) is 180 Å². The molecule has 0 fully saturated rings. The minimum Gasteiger partial charge on any atom is -0.394 e. The Labute approximate surface area is 308 Å². The van der Waals surface area contributed by atoms with E-state index in [4.69, 9.17) is 4.52 Å². The van der Waals surface area contributed by atoms with E-state index in [2.05, 4.69) is 13.8 Å². The highest BCUT2D eigenvalue weighted by atomic mass is 31.0. The molecule has 0 heterocycles. The van der Waals surface area contributed by atoms with E-state index in [0.717, 1.165) is 25.7 Å². The standard InChI is InChI=1S/C43H85O5P/c1-3-5-7-9-11-13-15-17-19-21-23-25-27-29-31-33-35-37-40(45)43(48-49,42(47)39-44)41(46)38-36-34-32-30-28-26-24-22-20-18-16-14-12-10-8-6-4-2/h42,44,47H,3-39,49H2,1-2H3. The lowest BCUT2D eigenvalue weighted by molar-refractivity contribution is -0.160. The fourth-order valence-corrected chi connectivity index (χ4v) is 7.68. The second-order valence-electron chi connectivity index (χ2n) is 15.2. The van der Waals surface area contributed by atoms with Gasteiger partial charge in [-0.3, -0.25) is 9.59 Å². The maximum Gasteiger partial charge on any atom is 0.215 e. The molecule has 0 aromatic rings. The van der Waals surface area contributed by atoms with Crippen molar-refractivity contribution in [1.82, 2.24) is 0 Å². The number of hydrogen-bond donors (Lipinski definition) is 2. The maximum absolute atomic E-state index is 13.3. The van der Waals surface area contributed by atoms with Gasteiger partial charge in [-0.25, -0.2) is 0 Å². The van der Waals surface area contributed by atoms with Crippen LogP contribution in [0.1, 0.15) is 245 Å². The molecule has 292 valence electrons. The summed E-state index contributed by atoms with van der Waals surface area (Å²) in [6.07, 6.45) is 42.0. The van der Waals surface area contributed by atoms with Gasteiger partial charge in [0.15, 0.2) is 11.6 Å². The zero-order valence-corrected chi connectivity index (χ0v) is 34.1. The molecular weight excluding hydrogens is 627 g/mol. The van der Waals surface area contributed by atoms with Gasteiger partial charge in [-0.15, -0.1) is 0 Å². The van der Waals surface area contributed by atoms with E-state index in [1.54, 1.807) is 0 Å². The summed E-state index contributed by atoms with van der Waals surface area (Å²) in [5.41, 5.74) is -1.97. The Hall–Kier alpha value is -0.350. The van der Waals surface area contributed by atoms with Gasteiger partial charge in [0.1, 0.15) is 6.10 Å². The highest BCUT2D eigenvalue weighted by Crippen LogP contribution is 2.28. The first kappa shape index (κ1) is 48.6. The summed E-state index contributed by atoms with van der Waals surface area (Å²) in [5.74, 6) is -0.802. The van der Waals surface area contributed by atoms with Crippen molar-refractivity contribution in [2.45, 2.75) is 257 Å². The van der Waals surface area contributed by atoms with Crippen molar-refractivity contribution in [3.63, 3.8) is 0 Å². The average Bonchev–Trinajstić information content (AvgIpc) is 3.11. The summed E-state index contributed by atoms with van der Waals surface area (Å²) in [5, 5.41) is 20.3. The minimum absolute atomic E-state index is 0.189. The molecule has 0 aromatic heterocycles. The molecular formula is C43H85O5P. The lowest BCUT2D eigenvalue weighted by Crippen LogP contribution is -2.57. The smallest absolute Gasteiger partial charge is 0.215 e. The van der Waals surface area contributed by atoms with Crippen LogP contribution >= 0.6 is 9.47 Å². The Morgan fingerprint density at radius 1 is 0.449 bits per heavy atom. The molecule has 0 rings (SSSR count). The van der Waals surface area contributed by atoms with Crippen molar-refractivity contribution in [3.05, 3.63) is 0 Å². The molecule has 0 aromatic carbocycles. The van der Waals surface area contributed by atoms with E-state index in [0.29, 0.717) is 12.8 Å². The van der Waals surface area contributed by atoms with E-state index >= 15 is 0 Å². The molecule has 0 bridgehead atoms. The number of unbranched alkanes of at least 4 members (excludes halogenated alkanes) is 32. The quantitative estimate of drug-likeness (QED) is 0.0374. The first-order chi connectivity index (χ1) is 24.0. The minimum atomic E-state index is -1.97. The van der Waals surface area contributed by atoms with Gasteiger partial charge < -0.3 is 14.7 Å². The average molecular weight is 713 g/mol. The number of aliphatic hydroxyl groups excluding tert-OH is 2. The van der Waals surface area contributed by atoms with Crippen LogP contribution in [0.2, 0.25) is 0 Å². The van der Waals surface area contributed by atoms with Gasteiger partial charge in [-0.05, 0) is 12.8 Å². The van der Waals surface area contributed by atoms with Crippen LogP contribution in [0.3, 0.4) is 0 Å². The molecule has 0 saturated carbocycles. The van der Waals surface area contributed by atoms with Crippen LogP contribution in [0.15, 0.2) is 0 Å². The zero-order valence-electron chi connectivity index (χ0n) is 32.9. The summed E-state index contributed by atoms with van der Waals surface area (Å²) >= 11 is 0. The van der Waals surface area contributed by atoms with Gasteiger partial charge in [0, 0.05) is 22.3 Å². The number of rotatable bonds is 41. The fraction of sp³-hybridized carbons (Fsp3) is 0.953. The van der Waals surface area contributed by atoms with Gasteiger partial charge in [-0.2, -0.15) is 0 Å². The fourth-order valence-electron chi connectivity index (χ4n) is 7.26. The first-order valence-electron chi connectivity index (χ1n) is 21.7. The molecule has 0 aliphatic carbocycles. The van der Waals surface area contributed by atoms with Gasteiger partial charge >= 0.3 is 0 Å².